The summed E-state index contributed by atoms with van der Waals surface area (Å²) < 4.78 is 10.8. The molecular formula is C19H38OSn. The predicted octanol–water partition coefficient (Wildman–Crippen LogP) is 7.07. The van der Waals surface area contributed by atoms with Gasteiger partial charge in [0.1, 0.15) is 0 Å². The SMILES string of the molecule is C=CC(C)(C)C(=C)[O][Sn]([CH2]CCC)([CH2]CCC)[CH2]CCC. The molecule has 0 aliphatic heterocycles. The average molecular weight is 401 g/mol. The zero-order valence-electron chi connectivity index (χ0n) is 15.3. The fourth-order valence-electron chi connectivity index (χ4n) is 2.53. The molecule has 0 saturated carbocycles. The summed E-state index contributed by atoms with van der Waals surface area (Å²) in [4.78, 5) is 0. The maximum absolute atomic E-state index is 6.74. The Morgan fingerprint density at radius 3 is 1.62 bits per heavy atom. The molecule has 0 atom stereocenters. The van der Waals surface area contributed by atoms with Crippen LogP contribution in [-0.2, 0) is 3.07 Å². The first-order valence-corrected chi connectivity index (χ1v) is 16.1. The van der Waals surface area contributed by atoms with Crippen molar-refractivity contribution in [3.63, 3.8) is 0 Å². The van der Waals surface area contributed by atoms with Crippen molar-refractivity contribution >= 4 is 18.8 Å². The van der Waals surface area contributed by atoms with E-state index < -0.39 is 18.8 Å². The number of rotatable bonds is 13. The summed E-state index contributed by atoms with van der Waals surface area (Å²) in [5.74, 6) is 0.969. The molecule has 0 rings (SSSR count). The van der Waals surface area contributed by atoms with Gasteiger partial charge in [0.15, 0.2) is 0 Å². The molecular weight excluding hydrogens is 363 g/mol. The second-order valence-electron chi connectivity index (χ2n) is 6.94. The Bertz CT molecular complexity index is 285. The normalized spacial score (nSPS) is 12.2. The number of unbranched alkanes of at least 4 members (excludes halogenated alkanes) is 3. The monoisotopic (exact) mass is 402 g/mol. The molecule has 0 spiro atoms. The van der Waals surface area contributed by atoms with Crippen molar-refractivity contribution in [3.05, 3.63) is 25.0 Å². The fourth-order valence-corrected chi connectivity index (χ4v) is 16.3. The van der Waals surface area contributed by atoms with E-state index in [0.29, 0.717) is 0 Å². The van der Waals surface area contributed by atoms with Gasteiger partial charge in [-0.1, -0.05) is 0 Å². The number of hydrogen-bond acceptors (Lipinski definition) is 1. The van der Waals surface area contributed by atoms with Gasteiger partial charge in [-0.3, -0.25) is 0 Å². The molecule has 0 amide bonds. The van der Waals surface area contributed by atoms with Crippen molar-refractivity contribution in [1.29, 1.82) is 0 Å². The van der Waals surface area contributed by atoms with Gasteiger partial charge in [-0.05, 0) is 0 Å². The van der Waals surface area contributed by atoms with Crippen molar-refractivity contribution in [2.75, 3.05) is 0 Å². The Hall–Kier alpha value is 0.0787. The minimum atomic E-state index is -2.56. The van der Waals surface area contributed by atoms with Crippen molar-refractivity contribution in [2.24, 2.45) is 5.41 Å². The summed E-state index contributed by atoms with van der Waals surface area (Å²) in [6.45, 7) is 19.4. The Balaban J connectivity index is 5.10. The van der Waals surface area contributed by atoms with Crippen LogP contribution in [-0.4, -0.2) is 18.8 Å². The second kappa shape index (κ2) is 10.7. The maximum atomic E-state index is 6.74. The van der Waals surface area contributed by atoms with E-state index in [0.717, 1.165) is 5.76 Å². The molecule has 0 aliphatic carbocycles. The summed E-state index contributed by atoms with van der Waals surface area (Å²) in [5, 5.41) is 0. The summed E-state index contributed by atoms with van der Waals surface area (Å²) in [5.41, 5.74) is -0.104. The van der Waals surface area contributed by atoms with Gasteiger partial charge in [-0.25, -0.2) is 0 Å². The number of hydrogen-bond donors (Lipinski definition) is 0. The van der Waals surface area contributed by atoms with Gasteiger partial charge in [0.05, 0.1) is 0 Å². The van der Waals surface area contributed by atoms with Crippen LogP contribution in [0.25, 0.3) is 0 Å². The van der Waals surface area contributed by atoms with Gasteiger partial charge in [0.2, 0.25) is 0 Å². The van der Waals surface area contributed by atoms with E-state index in [1.54, 1.807) is 0 Å². The van der Waals surface area contributed by atoms with Crippen molar-refractivity contribution < 1.29 is 3.07 Å². The molecule has 0 bridgehead atoms. The molecule has 0 saturated heterocycles. The van der Waals surface area contributed by atoms with E-state index in [1.807, 2.05) is 6.08 Å². The summed E-state index contributed by atoms with van der Waals surface area (Å²) in [6, 6.07) is 0. The molecule has 0 aromatic rings. The van der Waals surface area contributed by atoms with Crippen molar-refractivity contribution in [2.45, 2.75) is 86.5 Å². The molecule has 0 aromatic carbocycles. The van der Waals surface area contributed by atoms with Crippen LogP contribution >= 0.6 is 0 Å². The van der Waals surface area contributed by atoms with E-state index in [1.165, 1.54) is 51.8 Å². The minimum absolute atomic E-state index is 0.104. The summed E-state index contributed by atoms with van der Waals surface area (Å²) >= 11 is -2.56. The topological polar surface area (TPSA) is 9.23 Å². The molecule has 0 heterocycles. The molecule has 1 nitrogen and oxygen atoms in total. The molecule has 0 aromatic heterocycles. The van der Waals surface area contributed by atoms with Crippen LogP contribution in [0.3, 0.4) is 0 Å². The summed E-state index contributed by atoms with van der Waals surface area (Å²) in [7, 11) is 0. The Kier molecular flexibility index (Phi) is 10.8. The quantitative estimate of drug-likeness (QED) is 0.182. The molecule has 124 valence electrons. The van der Waals surface area contributed by atoms with Gasteiger partial charge in [-0.2, -0.15) is 0 Å². The van der Waals surface area contributed by atoms with E-state index in [2.05, 4.69) is 47.8 Å². The van der Waals surface area contributed by atoms with Crippen LogP contribution in [0.15, 0.2) is 25.0 Å². The molecule has 0 N–H and O–H groups in total. The van der Waals surface area contributed by atoms with E-state index in [9.17, 15) is 0 Å². The van der Waals surface area contributed by atoms with Crippen LogP contribution in [0.1, 0.15) is 73.1 Å². The molecule has 0 aliphatic rings. The molecule has 0 unspecified atom stereocenters. The van der Waals surface area contributed by atoms with Crippen molar-refractivity contribution in [1.82, 2.24) is 0 Å². The molecule has 0 fully saturated rings. The van der Waals surface area contributed by atoms with Crippen LogP contribution in [0.4, 0.5) is 0 Å². The third-order valence-electron chi connectivity index (χ3n) is 4.53. The first-order valence-electron chi connectivity index (χ1n) is 8.89. The van der Waals surface area contributed by atoms with E-state index >= 15 is 0 Å². The Morgan fingerprint density at radius 2 is 1.33 bits per heavy atom. The van der Waals surface area contributed by atoms with Crippen LogP contribution < -0.4 is 0 Å². The van der Waals surface area contributed by atoms with E-state index in [4.69, 9.17) is 3.07 Å². The third-order valence-corrected chi connectivity index (χ3v) is 17.3. The van der Waals surface area contributed by atoms with Gasteiger partial charge in [-0.15, -0.1) is 0 Å². The van der Waals surface area contributed by atoms with E-state index in [-0.39, 0.29) is 5.41 Å². The first-order chi connectivity index (χ1) is 9.87. The van der Waals surface area contributed by atoms with Crippen LogP contribution in [0.2, 0.25) is 13.3 Å². The Morgan fingerprint density at radius 1 is 0.952 bits per heavy atom. The third kappa shape index (κ3) is 7.76. The first kappa shape index (κ1) is 21.1. The standard InChI is InChI=1S/C7H12O.3C4H9.Sn/c1-5-7(3,4)6(2)8;3*1-3-4-2;/h5,8H,1-2H2,3-4H3;3*1,3-4H2,2H3;/q;;;;+1/p-1. The molecule has 0 radical (unpaired) electrons. The molecule has 2 heteroatoms. The van der Waals surface area contributed by atoms with Crippen molar-refractivity contribution in [3.8, 4) is 0 Å². The predicted molar refractivity (Wildman–Crippen MR) is 99.1 cm³/mol. The second-order valence-corrected chi connectivity index (χ2v) is 18.6. The van der Waals surface area contributed by atoms with Gasteiger partial charge in [0.25, 0.3) is 0 Å². The average Bonchev–Trinajstić information content (AvgIpc) is 2.48. The van der Waals surface area contributed by atoms with Crippen LogP contribution in [0, 0.1) is 5.41 Å². The summed E-state index contributed by atoms with van der Waals surface area (Å²) in [6.07, 6.45) is 9.78. The Labute approximate surface area is 138 Å². The van der Waals surface area contributed by atoms with Crippen LogP contribution in [0.5, 0.6) is 0 Å². The fraction of sp³-hybridized carbons (Fsp3) is 0.789. The number of allylic oxidation sites excluding steroid dienone is 1. The zero-order chi connectivity index (χ0) is 16.4. The van der Waals surface area contributed by atoms with Gasteiger partial charge >= 0.3 is 139 Å². The van der Waals surface area contributed by atoms with Gasteiger partial charge < -0.3 is 0 Å². The zero-order valence-corrected chi connectivity index (χ0v) is 18.1. The van der Waals surface area contributed by atoms with Gasteiger partial charge in [0, 0.05) is 0 Å². The molecule has 21 heavy (non-hydrogen) atoms.